The maximum absolute atomic E-state index is 11.5. The molecule has 3 atom stereocenters. The molecule has 8 heteroatoms. The van der Waals surface area contributed by atoms with Gasteiger partial charge in [0, 0.05) is 12.3 Å². The van der Waals surface area contributed by atoms with Crippen LogP contribution in [0.1, 0.15) is 13.3 Å². The third kappa shape index (κ3) is 5.85. The minimum Gasteiger partial charge on any atom is -0.481 e. The highest BCUT2D eigenvalue weighted by atomic mass is 31.2. The monoisotopic (exact) mass is 253 g/mol. The fourth-order valence-corrected chi connectivity index (χ4v) is 2.94. The Hall–Kier alpha value is -0.910. The molecular weight excluding hydrogens is 237 g/mol. The first-order chi connectivity index (χ1) is 7.15. The number of aliphatic carboxylic acids is 2. The van der Waals surface area contributed by atoms with Gasteiger partial charge in [-0.15, -0.1) is 0 Å². The summed E-state index contributed by atoms with van der Waals surface area (Å²) in [5.41, 5.74) is 5.17. The van der Waals surface area contributed by atoms with Crippen molar-refractivity contribution in [3.63, 3.8) is 0 Å². The Balaban J connectivity index is 4.20. The molecule has 0 aliphatic heterocycles. The van der Waals surface area contributed by atoms with Gasteiger partial charge in [-0.2, -0.15) is 0 Å². The van der Waals surface area contributed by atoms with Crippen molar-refractivity contribution in [2.75, 3.05) is 12.3 Å². The molecule has 5 N–H and O–H groups in total. The Morgan fingerprint density at radius 3 is 2.19 bits per heavy atom. The minimum absolute atomic E-state index is 0.143. The van der Waals surface area contributed by atoms with Crippen LogP contribution in [-0.2, 0) is 14.2 Å². The standard InChI is InChI=1S/C8H16NO6P/c1-5(7(10)11)4-16(14,15)3-2-6(9)8(12)13/h5-6H,2-4,9H2,1H3,(H,10,11)(H,12,13)(H,14,15)/t5?,6-/m0/s1. The molecule has 0 rings (SSSR count). The van der Waals surface area contributed by atoms with Gasteiger partial charge in [0.05, 0.1) is 5.92 Å². The summed E-state index contributed by atoms with van der Waals surface area (Å²) in [5.74, 6) is -3.33. The van der Waals surface area contributed by atoms with Crippen LogP contribution in [0.5, 0.6) is 0 Å². The summed E-state index contributed by atoms with van der Waals surface area (Å²) in [6.45, 7) is 1.32. The first-order valence-electron chi connectivity index (χ1n) is 4.68. The Kier molecular flexibility index (Phi) is 5.64. The predicted molar refractivity (Wildman–Crippen MR) is 56.6 cm³/mol. The molecule has 0 spiro atoms. The first-order valence-corrected chi connectivity index (χ1v) is 6.71. The van der Waals surface area contributed by atoms with Crippen molar-refractivity contribution < 1.29 is 29.3 Å². The first kappa shape index (κ1) is 15.1. The van der Waals surface area contributed by atoms with Crippen LogP contribution in [0, 0.1) is 5.92 Å². The number of nitrogens with two attached hydrogens (primary N) is 1. The molecule has 0 heterocycles. The van der Waals surface area contributed by atoms with Crippen LogP contribution in [-0.4, -0.2) is 45.4 Å². The average molecular weight is 253 g/mol. The predicted octanol–water partition coefficient (Wildman–Crippen LogP) is -0.220. The van der Waals surface area contributed by atoms with Gasteiger partial charge < -0.3 is 20.8 Å². The van der Waals surface area contributed by atoms with E-state index in [1.54, 1.807) is 0 Å². The van der Waals surface area contributed by atoms with E-state index >= 15 is 0 Å². The van der Waals surface area contributed by atoms with Crippen molar-refractivity contribution in [3.8, 4) is 0 Å². The zero-order valence-electron chi connectivity index (χ0n) is 8.87. The van der Waals surface area contributed by atoms with E-state index in [1.165, 1.54) is 6.92 Å². The Labute approximate surface area is 92.7 Å². The molecular formula is C8H16NO6P. The number of hydrogen-bond donors (Lipinski definition) is 4. The molecule has 0 radical (unpaired) electrons. The fourth-order valence-electron chi connectivity index (χ4n) is 1.06. The van der Waals surface area contributed by atoms with Crippen molar-refractivity contribution in [1.82, 2.24) is 0 Å². The second-order valence-corrected chi connectivity index (χ2v) is 6.23. The van der Waals surface area contributed by atoms with E-state index in [9.17, 15) is 19.0 Å². The van der Waals surface area contributed by atoms with Gasteiger partial charge in [-0.25, -0.2) is 0 Å². The molecule has 2 unspecified atom stereocenters. The summed E-state index contributed by atoms with van der Waals surface area (Å²) in [6.07, 6.45) is -0.789. The SMILES string of the molecule is CC(CP(=O)(O)CC[C@H](N)C(=O)O)C(=O)O. The number of carboxylic acids is 2. The number of rotatable bonds is 7. The van der Waals surface area contributed by atoms with E-state index < -0.39 is 31.3 Å². The zero-order valence-corrected chi connectivity index (χ0v) is 9.76. The molecule has 94 valence electrons. The highest BCUT2D eigenvalue weighted by Crippen LogP contribution is 2.43. The average Bonchev–Trinajstić information content (AvgIpc) is 2.13. The Bertz CT molecular complexity index is 318. The van der Waals surface area contributed by atoms with Gasteiger partial charge in [0.15, 0.2) is 0 Å². The molecule has 0 bridgehead atoms. The summed E-state index contributed by atoms with van der Waals surface area (Å²) in [7, 11) is -3.62. The Morgan fingerprint density at radius 2 is 1.81 bits per heavy atom. The third-order valence-electron chi connectivity index (χ3n) is 2.09. The summed E-state index contributed by atoms with van der Waals surface area (Å²) < 4.78 is 11.5. The van der Waals surface area contributed by atoms with Gasteiger partial charge in [-0.05, 0) is 6.42 Å². The summed E-state index contributed by atoms with van der Waals surface area (Å²) in [6, 6.07) is -1.19. The van der Waals surface area contributed by atoms with Crippen molar-refractivity contribution in [1.29, 1.82) is 0 Å². The van der Waals surface area contributed by atoms with E-state index in [4.69, 9.17) is 15.9 Å². The van der Waals surface area contributed by atoms with E-state index in [-0.39, 0.29) is 18.7 Å². The molecule has 0 aromatic carbocycles. The largest absolute Gasteiger partial charge is 0.481 e. The molecule has 0 aromatic heterocycles. The lowest BCUT2D eigenvalue weighted by molar-refractivity contribution is -0.140. The van der Waals surface area contributed by atoms with Crippen LogP contribution in [0.3, 0.4) is 0 Å². The lowest BCUT2D eigenvalue weighted by Gasteiger charge is -2.15. The fraction of sp³-hybridized carbons (Fsp3) is 0.750. The molecule has 7 nitrogen and oxygen atoms in total. The van der Waals surface area contributed by atoms with Gasteiger partial charge in [0.25, 0.3) is 0 Å². The minimum atomic E-state index is -3.62. The highest BCUT2D eigenvalue weighted by Gasteiger charge is 2.27. The molecule has 0 aromatic rings. The topological polar surface area (TPSA) is 138 Å². The van der Waals surface area contributed by atoms with Crippen LogP contribution in [0.2, 0.25) is 0 Å². The lowest BCUT2D eigenvalue weighted by atomic mass is 10.2. The third-order valence-corrected chi connectivity index (χ3v) is 4.16. The van der Waals surface area contributed by atoms with E-state index in [2.05, 4.69) is 0 Å². The second-order valence-electron chi connectivity index (χ2n) is 3.73. The smallest absolute Gasteiger partial charge is 0.320 e. The lowest BCUT2D eigenvalue weighted by Crippen LogP contribution is -2.31. The van der Waals surface area contributed by atoms with Crippen molar-refractivity contribution in [3.05, 3.63) is 0 Å². The van der Waals surface area contributed by atoms with Crippen molar-refractivity contribution in [2.24, 2.45) is 11.7 Å². The van der Waals surface area contributed by atoms with E-state index in [0.29, 0.717) is 0 Å². The van der Waals surface area contributed by atoms with E-state index in [1.807, 2.05) is 0 Å². The number of hydrogen-bond acceptors (Lipinski definition) is 4. The molecule has 0 aliphatic rings. The molecule has 0 amide bonds. The van der Waals surface area contributed by atoms with Gasteiger partial charge in [-0.3, -0.25) is 14.2 Å². The molecule has 16 heavy (non-hydrogen) atoms. The zero-order chi connectivity index (χ0) is 12.9. The van der Waals surface area contributed by atoms with Crippen LogP contribution in [0.15, 0.2) is 0 Å². The molecule has 0 fully saturated rings. The van der Waals surface area contributed by atoms with Crippen molar-refractivity contribution >= 4 is 19.3 Å². The van der Waals surface area contributed by atoms with Crippen LogP contribution >= 0.6 is 7.37 Å². The Morgan fingerprint density at radius 1 is 1.31 bits per heavy atom. The molecule has 0 aliphatic carbocycles. The maximum atomic E-state index is 11.5. The normalized spacial score (nSPS) is 18.4. The van der Waals surface area contributed by atoms with Gasteiger partial charge >= 0.3 is 11.9 Å². The van der Waals surface area contributed by atoms with Gasteiger partial charge in [-0.1, -0.05) is 6.92 Å². The van der Waals surface area contributed by atoms with Crippen LogP contribution in [0.25, 0.3) is 0 Å². The maximum Gasteiger partial charge on any atom is 0.320 e. The van der Waals surface area contributed by atoms with Crippen molar-refractivity contribution in [2.45, 2.75) is 19.4 Å². The van der Waals surface area contributed by atoms with Crippen LogP contribution in [0.4, 0.5) is 0 Å². The number of carbonyl (C=O) groups is 2. The van der Waals surface area contributed by atoms with Gasteiger partial charge in [0.2, 0.25) is 7.37 Å². The number of carboxylic acid groups (broad SMARTS) is 2. The molecule has 0 saturated heterocycles. The van der Waals surface area contributed by atoms with Crippen LogP contribution < -0.4 is 5.73 Å². The molecule has 0 saturated carbocycles. The van der Waals surface area contributed by atoms with E-state index in [0.717, 1.165) is 0 Å². The second kappa shape index (κ2) is 5.98. The summed E-state index contributed by atoms with van der Waals surface area (Å²) in [5, 5.41) is 17.0. The summed E-state index contributed by atoms with van der Waals surface area (Å²) in [4.78, 5) is 30.2. The highest BCUT2D eigenvalue weighted by molar-refractivity contribution is 7.58. The quantitative estimate of drug-likeness (QED) is 0.460. The van der Waals surface area contributed by atoms with Gasteiger partial charge in [0.1, 0.15) is 6.04 Å². The summed E-state index contributed by atoms with van der Waals surface area (Å²) >= 11 is 0.